The molecular formula is C16H24N2O7S. The summed E-state index contributed by atoms with van der Waals surface area (Å²) in [6.45, 7) is 3.74. The molecule has 1 atom stereocenters. The molecule has 1 unspecified atom stereocenters. The molecule has 10 heteroatoms. The van der Waals surface area contributed by atoms with E-state index in [0.29, 0.717) is 13.1 Å². The molecule has 0 fully saturated rings. The molecule has 0 aliphatic rings. The largest absolute Gasteiger partial charge is 0.496 e. The highest BCUT2D eigenvalue weighted by molar-refractivity contribution is 7.89. The fourth-order valence-corrected chi connectivity index (χ4v) is 3.77. The summed E-state index contributed by atoms with van der Waals surface area (Å²) in [5, 5.41) is 11.3. The summed E-state index contributed by atoms with van der Waals surface area (Å²) < 4.78 is 36.4. The van der Waals surface area contributed by atoms with Crippen molar-refractivity contribution >= 4 is 21.9 Å². The van der Waals surface area contributed by atoms with E-state index >= 15 is 0 Å². The first-order valence-corrected chi connectivity index (χ1v) is 9.38. The van der Waals surface area contributed by atoms with E-state index in [-0.39, 0.29) is 22.8 Å². The van der Waals surface area contributed by atoms with Gasteiger partial charge in [0.05, 0.1) is 24.1 Å². The lowest BCUT2D eigenvalue weighted by molar-refractivity contribution is -0.148. The highest BCUT2D eigenvalue weighted by Gasteiger charge is 2.25. The van der Waals surface area contributed by atoms with E-state index in [4.69, 9.17) is 14.6 Å². The molecule has 0 saturated heterocycles. The Kier molecular flexibility index (Phi) is 8.00. The van der Waals surface area contributed by atoms with Crippen molar-refractivity contribution in [2.24, 2.45) is 0 Å². The SMILES string of the molecule is CCN(CC)S(=O)(=O)c1ccc(OC)c(C(=O)NCC(OC)C(=O)O)c1. The molecular weight excluding hydrogens is 364 g/mol. The summed E-state index contributed by atoms with van der Waals surface area (Å²) in [4.78, 5) is 23.3. The molecule has 9 nitrogen and oxygen atoms in total. The van der Waals surface area contributed by atoms with Gasteiger partial charge in [0, 0.05) is 20.2 Å². The molecule has 1 rings (SSSR count). The van der Waals surface area contributed by atoms with Crippen molar-refractivity contribution in [2.75, 3.05) is 33.9 Å². The van der Waals surface area contributed by atoms with E-state index in [1.54, 1.807) is 13.8 Å². The number of amides is 1. The van der Waals surface area contributed by atoms with Crippen LogP contribution in [-0.2, 0) is 19.6 Å². The second kappa shape index (κ2) is 9.51. The summed E-state index contributed by atoms with van der Waals surface area (Å²) in [5.41, 5.74) is -0.0130. The minimum absolute atomic E-state index is 0.0130. The molecule has 0 aromatic heterocycles. The molecule has 1 amide bonds. The first-order valence-electron chi connectivity index (χ1n) is 7.94. The van der Waals surface area contributed by atoms with Crippen LogP contribution < -0.4 is 10.1 Å². The number of carboxylic acid groups (broad SMARTS) is 1. The van der Waals surface area contributed by atoms with Gasteiger partial charge in [0.25, 0.3) is 5.91 Å². The quantitative estimate of drug-likeness (QED) is 0.600. The molecule has 0 aliphatic heterocycles. The van der Waals surface area contributed by atoms with Crippen LogP contribution >= 0.6 is 0 Å². The number of carbonyl (C=O) groups excluding carboxylic acids is 1. The number of ether oxygens (including phenoxy) is 2. The van der Waals surface area contributed by atoms with Crippen LogP contribution in [0.25, 0.3) is 0 Å². The fraction of sp³-hybridized carbons (Fsp3) is 0.500. The zero-order valence-electron chi connectivity index (χ0n) is 15.2. The van der Waals surface area contributed by atoms with E-state index in [2.05, 4.69) is 5.32 Å². The third-order valence-corrected chi connectivity index (χ3v) is 5.81. The predicted molar refractivity (Wildman–Crippen MR) is 93.9 cm³/mol. The van der Waals surface area contributed by atoms with E-state index in [1.165, 1.54) is 36.7 Å². The van der Waals surface area contributed by atoms with Crippen LogP contribution in [-0.4, -0.2) is 69.7 Å². The highest BCUT2D eigenvalue weighted by Crippen LogP contribution is 2.24. The normalized spacial score (nSPS) is 12.7. The van der Waals surface area contributed by atoms with Crippen LogP contribution in [0, 0.1) is 0 Å². The van der Waals surface area contributed by atoms with Gasteiger partial charge >= 0.3 is 5.97 Å². The number of aliphatic carboxylic acids is 1. The van der Waals surface area contributed by atoms with Crippen LogP contribution in [0.5, 0.6) is 5.75 Å². The number of benzene rings is 1. The number of methoxy groups -OCH3 is 2. The van der Waals surface area contributed by atoms with Crippen molar-refractivity contribution in [1.29, 1.82) is 0 Å². The maximum atomic E-state index is 12.6. The maximum absolute atomic E-state index is 12.6. The molecule has 0 heterocycles. The molecule has 1 aromatic rings. The van der Waals surface area contributed by atoms with Crippen LogP contribution in [0.4, 0.5) is 0 Å². The van der Waals surface area contributed by atoms with Gasteiger partial charge in [-0.25, -0.2) is 13.2 Å². The Balaban J connectivity index is 3.18. The topological polar surface area (TPSA) is 122 Å². The lowest BCUT2D eigenvalue weighted by Gasteiger charge is -2.19. The van der Waals surface area contributed by atoms with Gasteiger partial charge < -0.3 is 19.9 Å². The minimum atomic E-state index is -3.75. The molecule has 2 N–H and O–H groups in total. The van der Waals surface area contributed by atoms with Crippen molar-refractivity contribution in [1.82, 2.24) is 9.62 Å². The lowest BCUT2D eigenvalue weighted by atomic mass is 10.2. The van der Waals surface area contributed by atoms with Crippen molar-refractivity contribution in [3.05, 3.63) is 23.8 Å². The monoisotopic (exact) mass is 388 g/mol. The molecule has 1 aromatic carbocycles. The second-order valence-electron chi connectivity index (χ2n) is 5.22. The number of hydrogen-bond acceptors (Lipinski definition) is 6. The first-order chi connectivity index (χ1) is 12.2. The lowest BCUT2D eigenvalue weighted by Crippen LogP contribution is -2.38. The minimum Gasteiger partial charge on any atom is -0.496 e. The smallest absolute Gasteiger partial charge is 0.334 e. The van der Waals surface area contributed by atoms with Crippen molar-refractivity contribution in [3.63, 3.8) is 0 Å². The van der Waals surface area contributed by atoms with E-state index < -0.39 is 28.0 Å². The fourth-order valence-electron chi connectivity index (χ4n) is 2.29. The standard InChI is InChI=1S/C16H24N2O7S/c1-5-18(6-2)26(22,23)11-7-8-13(24-3)12(9-11)15(19)17-10-14(25-4)16(20)21/h7-9,14H,5-6,10H2,1-4H3,(H,17,19)(H,20,21). The summed E-state index contributed by atoms with van der Waals surface area (Å²) in [6, 6.07) is 3.96. The number of nitrogens with zero attached hydrogens (tertiary/aromatic N) is 1. The van der Waals surface area contributed by atoms with Crippen LogP contribution in [0.2, 0.25) is 0 Å². The van der Waals surface area contributed by atoms with Crippen LogP contribution in [0.3, 0.4) is 0 Å². The Morgan fingerprint density at radius 3 is 2.31 bits per heavy atom. The van der Waals surface area contributed by atoms with Gasteiger partial charge in [0.15, 0.2) is 6.10 Å². The second-order valence-corrected chi connectivity index (χ2v) is 7.16. The van der Waals surface area contributed by atoms with Gasteiger partial charge in [-0.2, -0.15) is 4.31 Å². The molecule has 0 radical (unpaired) electrons. The molecule has 0 aliphatic carbocycles. The summed E-state index contributed by atoms with van der Waals surface area (Å²) >= 11 is 0. The Hall–Kier alpha value is -2.17. The molecule has 0 saturated carbocycles. The van der Waals surface area contributed by atoms with Crippen molar-refractivity contribution in [3.8, 4) is 5.75 Å². The first kappa shape index (κ1) is 21.9. The van der Waals surface area contributed by atoms with Gasteiger partial charge in [-0.05, 0) is 18.2 Å². The van der Waals surface area contributed by atoms with E-state index in [9.17, 15) is 18.0 Å². The highest BCUT2D eigenvalue weighted by atomic mass is 32.2. The Morgan fingerprint density at radius 1 is 1.23 bits per heavy atom. The third kappa shape index (κ3) is 4.93. The van der Waals surface area contributed by atoms with Crippen molar-refractivity contribution < 1.29 is 32.6 Å². The summed E-state index contributed by atoms with van der Waals surface area (Å²) in [6.07, 6.45) is -1.22. The van der Waals surface area contributed by atoms with Crippen molar-refractivity contribution in [2.45, 2.75) is 24.8 Å². The number of carboxylic acids is 1. The van der Waals surface area contributed by atoms with Gasteiger partial charge in [0.2, 0.25) is 10.0 Å². The average Bonchev–Trinajstić information content (AvgIpc) is 2.61. The number of sulfonamides is 1. The van der Waals surface area contributed by atoms with Gasteiger partial charge in [0.1, 0.15) is 5.75 Å². The summed E-state index contributed by atoms with van der Waals surface area (Å²) in [7, 11) is -1.19. The van der Waals surface area contributed by atoms with Gasteiger partial charge in [-0.3, -0.25) is 4.79 Å². The van der Waals surface area contributed by atoms with E-state index in [0.717, 1.165) is 0 Å². The molecule has 26 heavy (non-hydrogen) atoms. The Labute approximate surface area is 152 Å². The summed E-state index contributed by atoms with van der Waals surface area (Å²) in [5.74, 6) is -1.72. The number of nitrogens with one attached hydrogen (secondary N) is 1. The number of carbonyl (C=O) groups is 2. The Morgan fingerprint density at radius 2 is 1.85 bits per heavy atom. The van der Waals surface area contributed by atoms with Gasteiger partial charge in [-0.1, -0.05) is 13.8 Å². The van der Waals surface area contributed by atoms with Crippen LogP contribution in [0.1, 0.15) is 24.2 Å². The number of rotatable bonds is 10. The predicted octanol–water partition coefficient (Wildman–Crippen LogP) is 0.555. The van der Waals surface area contributed by atoms with E-state index in [1.807, 2.05) is 0 Å². The number of hydrogen-bond donors (Lipinski definition) is 2. The Bertz CT molecular complexity index is 745. The zero-order valence-corrected chi connectivity index (χ0v) is 16.0. The molecule has 0 bridgehead atoms. The van der Waals surface area contributed by atoms with Crippen LogP contribution in [0.15, 0.2) is 23.1 Å². The molecule has 146 valence electrons. The molecule has 0 spiro atoms. The maximum Gasteiger partial charge on any atom is 0.334 e. The third-order valence-electron chi connectivity index (χ3n) is 3.77. The zero-order chi connectivity index (χ0) is 19.9. The average molecular weight is 388 g/mol. The van der Waals surface area contributed by atoms with Gasteiger partial charge in [-0.15, -0.1) is 0 Å².